The van der Waals surface area contributed by atoms with Crippen molar-refractivity contribution in [3.05, 3.63) is 53.1 Å². The molecule has 0 spiro atoms. The van der Waals surface area contributed by atoms with Crippen LogP contribution in [0.2, 0.25) is 0 Å². The van der Waals surface area contributed by atoms with E-state index in [1.54, 1.807) is 7.11 Å². The van der Waals surface area contributed by atoms with Crippen LogP contribution in [0.3, 0.4) is 0 Å². The number of thiol groups is 1. The lowest BCUT2D eigenvalue weighted by atomic mass is 9.93. The fourth-order valence-electron chi connectivity index (χ4n) is 3.15. The molecule has 4 nitrogen and oxygen atoms in total. The second kappa shape index (κ2) is 6.92. The predicted octanol–water partition coefficient (Wildman–Crippen LogP) is 4.97. The van der Waals surface area contributed by atoms with Crippen LogP contribution in [0.1, 0.15) is 36.5 Å². The number of nitrogens with zero attached hydrogens (tertiary/aromatic N) is 3. The summed E-state index contributed by atoms with van der Waals surface area (Å²) in [4.78, 5) is 0. The summed E-state index contributed by atoms with van der Waals surface area (Å²) in [6.07, 6.45) is 0. The number of rotatable bonds is 4. The van der Waals surface area contributed by atoms with Crippen LogP contribution in [-0.2, 0) is 0 Å². The minimum absolute atomic E-state index is 0.451. The van der Waals surface area contributed by atoms with Crippen LogP contribution in [-0.4, -0.2) is 21.9 Å². The van der Waals surface area contributed by atoms with Crippen LogP contribution in [0.5, 0.6) is 5.75 Å². The monoisotopic (exact) mass is 353 g/mol. The molecule has 0 aliphatic rings. The number of aryl methyl sites for hydroxylation is 2. The maximum absolute atomic E-state index is 5.25. The Morgan fingerprint density at radius 3 is 2.28 bits per heavy atom. The molecule has 0 bridgehead atoms. The molecule has 25 heavy (non-hydrogen) atoms. The molecule has 0 radical (unpaired) electrons. The quantitative estimate of drug-likeness (QED) is 0.673. The molecule has 0 saturated heterocycles. The summed E-state index contributed by atoms with van der Waals surface area (Å²) in [5.74, 6) is 2.06. The Labute approximate surface area is 154 Å². The molecule has 0 aliphatic carbocycles. The van der Waals surface area contributed by atoms with Gasteiger partial charge in [-0.1, -0.05) is 19.9 Å². The van der Waals surface area contributed by atoms with Gasteiger partial charge in [0.1, 0.15) is 5.75 Å². The number of methoxy groups -OCH3 is 1. The largest absolute Gasteiger partial charge is 0.497 e. The van der Waals surface area contributed by atoms with E-state index in [-0.39, 0.29) is 0 Å². The molecule has 0 N–H and O–H groups in total. The van der Waals surface area contributed by atoms with Gasteiger partial charge in [-0.15, -0.1) is 22.8 Å². The Morgan fingerprint density at radius 2 is 1.68 bits per heavy atom. The minimum Gasteiger partial charge on any atom is -0.497 e. The van der Waals surface area contributed by atoms with Gasteiger partial charge in [0.2, 0.25) is 0 Å². The van der Waals surface area contributed by atoms with Gasteiger partial charge < -0.3 is 4.74 Å². The summed E-state index contributed by atoms with van der Waals surface area (Å²) < 4.78 is 7.21. The molecule has 1 heterocycles. The van der Waals surface area contributed by atoms with Crippen LogP contribution >= 0.6 is 12.6 Å². The first-order valence-electron chi connectivity index (χ1n) is 8.32. The van der Waals surface area contributed by atoms with Gasteiger partial charge in [0, 0.05) is 11.3 Å². The lowest BCUT2D eigenvalue weighted by Crippen LogP contribution is -2.02. The molecule has 0 atom stereocenters. The van der Waals surface area contributed by atoms with Gasteiger partial charge in [-0.2, -0.15) is 0 Å². The molecule has 1 aromatic heterocycles. The molecule has 0 unspecified atom stereocenters. The zero-order valence-electron chi connectivity index (χ0n) is 15.2. The molecular weight excluding hydrogens is 330 g/mol. The first-order valence-corrected chi connectivity index (χ1v) is 8.77. The summed E-state index contributed by atoms with van der Waals surface area (Å²) in [6.45, 7) is 8.68. The average molecular weight is 353 g/mol. The summed E-state index contributed by atoms with van der Waals surface area (Å²) in [6, 6.07) is 12.3. The lowest BCUT2D eigenvalue weighted by Gasteiger charge is -2.16. The van der Waals surface area contributed by atoms with E-state index in [0.717, 1.165) is 22.8 Å². The van der Waals surface area contributed by atoms with Crippen molar-refractivity contribution in [2.75, 3.05) is 7.11 Å². The van der Waals surface area contributed by atoms with E-state index in [9.17, 15) is 0 Å². The Hall–Kier alpha value is -2.27. The average Bonchev–Trinajstić information content (AvgIpc) is 2.96. The van der Waals surface area contributed by atoms with Crippen LogP contribution in [0.4, 0.5) is 0 Å². The third-order valence-corrected chi connectivity index (χ3v) is 4.74. The SMILES string of the molecule is COc1ccc(-n2c(S)nnc2-c2cc(C(C)C)c(C)cc2C)cc1. The van der Waals surface area contributed by atoms with Gasteiger partial charge in [-0.05, 0) is 66.8 Å². The minimum atomic E-state index is 0.451. The molecule has 0 saturated carbocycles. The van der Waals surface area contributed by atoms with Crippen molar-refractivity contribution in [3.63, 3.8) is 0 Å². The third-order valence-electron chi connectivity index (χ3n) is 4.45. The highest BCUT2D eigenvalue weighted by Crippen LogP contribution is 2.32. The predicted molar refractivity (Wildman–Crippen MR) is 104 cm³/mol. The molecule has 3 aromatic rings. The zero-order chi connectivity index (χ0) is 18.1. The van der Waals surface area contributed by atoms with Crippen molar-refractivity contribution in [2.24, 2.45) is 0 Å². The van der Waals surface area contributed by atoms with Crippen molar-refractivity contribution in [1.29, 1.82) is 0 Å². The molecule has 2 aromatic carbocycles. The van der Waals surface area contributed by atoms with Crippen LogP contribution in [0, 0.1) is 13.8 Å². The molecule has 3 rings (SSSR count). The van der Waals surface area contributed by atoms with E-state index in [0.29, 0.717) is 11.1 Å². The standard InChI is InChI=1S/C20H23N3OS/c1-12(2)17-11-18(14(4)10-13(17)3)19-21-22-20(25)23(19)15-6-8-16(24-5)9-7-15/h6-12H,1-5H3,(H,22,25). The normalized spacial score (nSPS) is 11.2. The summed E-state index contributed by atoms with van der Waals surface area (Å²) in [5.41, 5.74) is 5.84. The van der Waals surface area contributed by atoms with Gasteiger partial charge >= 0.3 is 0 Å². The lowest BCUT2D eigenvalue weighted by molar-refractivity contribution is 0.414. The first kappa shape index (κ1) is 17.5. The van der Waals surface area contributed by atoms with E-state index < -0.39 is 0 Å². The second-order valence-corrected chi connectivity index (χ2v) is 6.94. The number of hydrogen-bond donors (Lipinski definition) is 1. The van der Waals surface area contributed by atoms with E-state index in [2.05, 4.69) is 62.7 Å². The number of aromatic nitrogens is 3. The molecule has 5 heteroatoms. The van der Waals surface area contributed by atoms with Crippen LogP contribution in [0.25, 0.3) is 17.1 Å². The highest BCUT2D eigenvalue weighted by atomic mass is 32.1. The van der Waals surface area contributed by atoms with Crippen molar-refractivity contribution in [3.8, 4) is 22.8 Å². The van der Waals surface area contributed by atoms with Crippen molar-refractivity contribution in [2.45, 2.75) is 38.8 Å². The Kier molecular flexibility index (Phi) is 4.86. The Bertz CT molecular complexity index is 898. The fourth-order valence-corrected chi connectivity index (χ4v) is 3.41. The maximum Gasteiger partial charge on any atom is 0.193 e. The highest BCUT2D eigenvalue weighted by molar-refractivity contribution is 7.80. The molecule has 0 amide bonds. The Morgan fingerprint density at radius 1 is 1.00 bits per heavy atom. The maximum atomic E-state index is 5.25. The van der Waals surface area contributed by atoms with Gasteiger partial charge in [0.05, 0.1) is 7.11 Å². The van der Waals surface area contributed by atoms with Crippen molar-refractivity contribution < 1.29 is 4.74 Å². The van der Waals surface area contributed by atoms with Crippen molar-refractivity contribution in [1.82, 2.24) is 14.8 Å². The zero-order valence-corrected chi connectivity index (χ0v) is 16.1. The summed E-state index contributed by atoms with van der Waals surface area (Å²) in [5, 5.41) is 9.16. The fraction of sp³-hybridized carbons (Fsp3) is 0.300. The van der Waals surface area contributed by atoms with Gasteiger partial charge in [0.25, 0.3) is 0 Å². The van der Waals surface area contributed by atoms with Gasteiger partial charge in [-0.3, -0.25) is 4.57 Å². The van der Waals surface area contributed by atoms with E-state index >= 15 is 0 Å². The first-order chi connectivity index (χ1) is 11.9. The van der Waals surface area contributed by atoms with Crippen LogP contribution in [0.15, 0.2) is 41.6 Å². The molecule has 0 fully saturated rings. The smallest absolute Gasteiger partial charge is 0.193 e. The molecule has 0 aliphatic heterocycles. The highest BCUT2D eigenvalue weighted by Gasteiger charge is 2.17. The topological polar surface area (TPSA) is 39.9 Å². The molecule has 130 valence electrons. The van der Waals surface area contributed by atoms with E-state index in [1.807, 2.05) is 28.8 Å². The Balaban J connectivity index is 2.18. The van der Waals surface area contributed by atoms with Crippen molar-refractivity contribution >= 4 is 12.6 Å². The second-order valence-electron chi connectivity index (χ2n) is 6.54. The molecular formula is C20H23N3OS. The number of hydrogen-bond acceptors (Lipinski definition) is 4. The van der Waals surface area contributed by atoms with Gasteiger partial charge in [-0.25, -0.2) is 0 Å². The van der Waals surface area contributed by atoms with Gasteiger partial charge in [0.15, 0.2) is 11.0 Å². The van der Waals surface area contributed by atoms with E-state index in [4.69, 9.17) is 4.74 Å². The van der Waals surface area contributed by atoms with E-state index in [1.165, 1.54) is 16.7 Å². The summed E-state index contributed by atoms with van der Waals surface area (Å²) >= 11 is 4.51. The van der Waals surface area contributed by atoms with Crippen LogP contribution < -0.4 is 4.74 Å². The number of benzene rings is 2. The number of ether oxygens (including phenoxy) is 1. The summed E-state index contributed by atoms with van der Waals surface area (Å²) in [7, 11) is 1.66. The third kappa shape index (κ3) is 3.29.